The Morgan fingerprint density at radius 2 is 2.00 bits per heavy atom. The zero-order valence-corrected chi connectivity index (χ0v) is 8.00. The summed E-state index contributed by atoms with van der Waals surface area (Å²) in [6, 6.07) is 5.37. The highest BCUT2D eigenvalue weighted by molar-refractivity contribution is 6.52. The molecule has 0 spiro atoms. The van der Waals surface area contributed by atoms with Crippen molar-refractivity contribution >= 4 is 17.4 Å². The number of anilines is 1. The van der Waals surface area contributed by atoms with E-state index in [-0.39, 0.29) is 0 Å². The molecular weight excluding hydrogens is 178 g/mol. The quantitative estimate of drug-likeness (QED) is 0.626. The zero-order valence-electron chi connectivity index (χ0n) is 8.00. The first-order valence-corrected chi connectivity index (χ1v) is 4.32. The molecule has 1 aliphatic rings. The molecule has 0 unspecified atom stereocenters. The van der Waals surface area contributed by atoms with Crippen LogP contribution in [0, 0.1) is 13.5 Å². The fraction of sp³-hybridized carbons (Fsp3) is 0.182. The van der Waals surface area contributed by atoms with Gasteiger partial charge >= 0.3 is 0 Å². The van der Waals surface area contributed by atoms with Crippen molar-refractivity contribution in [2.24, 2.45) is 0 Å². The summed E-state index contributed by atoms with van der Waals surface area (Å²) in [5.41, 5.74) is 2.08. The van der Waals surface area contributed by atoms with Gasteiger partial charge in [0.15, 0.2) is 0 Å². The van der Waals surface area contributed by atoms with Gasteiger partial charge in [0.2, 0.25) is 0 Å². The largest absolute Gasteiger partial charge is 0.300 e. The lowest BCUT2D eigenvalue weighted by molar-refractivity contribution is -0.113. The number of benzene rings is 1. The SMILES string of the molecule is C[C]N1C(=O)C(=O)c2cc(C)ccc21. The summed E-state index contributed by atoms with van der Waals surface area (Å²) in [6.07, 6.45) is 0. The van der Waals surface area contributed by atoms with Gasteiger partial charge < -0.3 is 0 Å². The Morgan fingerprint density at radius 3 is 2.64 bits per heavy atom. The van der Waals surface area contributed by atoms with Crippen LogP contribution in [-0.4, -0.2) is 11.7 Å². The Bertz CT molecular complexity index is 423. The first-order chi connectivity index (χ1) is 6.65. The number of carbonyl (C=O) groups is 2. The molecule has 3 nitrogen and oxygen atoms in total. The van der Waals surface area contributed by atoms with Gasteiger partial charge in [-0.3, -0.25) is 14.5 Å². The van der Waals surface area contributed by atoms with Gasteiger partial charge in [-0.25, -0.2) is 0 Å². The van der Waals surface area contributed by atoms with E-state index in [2.05, 4.69) is 6.54 Å². The maximum atomic E-state index is 11.5. The van der Waals surface area contributed by atoms with E-state index in [1.807, 2.05) is 13.0 Å². The molecule has 0 fully saturated rings. The average Bonchev–Trinajstić information content (AvgIpc) is 2.41. The van der Waals surface area contributed by atoms with Gasteiger partial charge in [-0.15, -0.1) is 0 Å². The summed E-state index contributed by atoms with van der Waals surface area (Å²) < 4.78 is 0. The van der Waals surface area contributed by atoms with Gasteiger partial charge in [0, 0.05) is 0 Å². The van der Waals surface area contributed by atoms with Crippen LogP contribution in [-0.2, 0) is 4.79 Å². The number of rotatable bonds is 1. The second kappa shape index (κ2) is 2.94. The molecule has 1 aliphatic heterocycles. The Kier molecular flexibility index (Phi) is 1.88. The number of fused-ring (bicyclic) bond motifs is 1. The van der Waals surface area contributed by atoms with Crippen LogP contribution < -0.4 is 4.90 Å². The van der Waals surface area contributed by atoms with Gasteiger partial charge in [-0.05, 0) is 26.0 Å². The van der Waals surface area contributed by atoms with Gasteiger partial charge in [0.05, 0.1) is 17.8 Å². The molecular formula is C11H9NO2. The number of amides is 1. The zero-order chi connectivity index (χ0) is 10.3. The van der Waals surface area contributed by atoms with Crippen molar-refractivity contribution in [3.05, 3.63) is 35.9 Å². The minimum absolute atomic E-state index is 0.446. The molecule has 1 aromatic carbocycles. The summed E-state index contributed by atoms with van der Waals surface area (Å²) in [4.78, 5) is 24.2. The monoisotopic (exact) mass is 187 g/mol. The van der Waals surface area contributed by atoms with Crippen LogP contribution >= 0.6 is 0 Å². The van der Waals surface area contributed by atoms with Gasteiger partial charge in [-0.1, -0.05) is 11.6 Å². The lowest BCUT2D eigenvalue weighted by Crippen LogP contribution is -2.25. The molecule has 0 bridgehead atoms. The standard InChI is InChI=1S/C11H9NO2/c1-3-12-9-5-4-7(2)6-8(9)10(13)11(12)14/h4-6H,1-2H3. The van der Waals surface area contributed by atoms with Crippen molar-refractivity contribution in [2.75, 3.05) is 4.90 Å². The highest BCUT2D eigenvalue weighted by Crippen LogP contribution is 2.30. The minimum atomic E-state index is -0.520. The number of carbonyl (C=O) groups excluding carboxylic acids is 2. The first kappa shape index (κ1) is 8.94. The Labute approximate surface area is 82.3 Å². The Morgan fingerprint density at radius 1 is 1.29 bits per heavy atom. The molecule has 14 heavy (non-hydrogen) atoms. The maximum Gasteiger partial charge on any atom is 0.300 e. The number of hydrogen-bond acceptors (Lipinski definition) is 2. The molecule has 1 heterocycles. The fourth-order valence-corrected chi connectivity index (χ4v) is 1.57. The van der Waals surface area contributed by atoms with Crippen molar-refractivity contribution in [1.29, 1.82) is 0 Å². The third-order valence-corrected chi connectivity index (χ3v) is 2.26. The smallest absolute Gasteiger partial charge is 0.294 e. The lowest BCUT2D eigenvalue weighted by Gasteiger charge is -2.11. The number of nitrogens with zero attached hydrogens (tertiary/aromatic N) is 1. The summed E-state index contributed by atoms with van der Waals surface area (Å²) >= 11 is 0. The normalized spacial score (nSPS) is 14.9. The van der Waals surface area contributed by atoms with Crippen LogP contribution in [0.25, 0.3) is 0 Å². The van der Waals surface area contributed by atoms with E-state index in [0.29, 0.717) is 11.3 Å². The first-order valence-electron chi connectivity index (χ1n) is 4.32. The van der Waals surface area contributed by atoms with E-state index in [1.165, 1.54) is 4.90 Å². The van der Waals surface area contributed by atoms with E-state index < -0.39 is 11.7 Å². The molecule has 3 heteroatoms. The van der Waals surface area contributed by atoms with Crippen molar-refractivity contribution in [3.63, 3.8) is 0 Å². The molecule has 0 atom stereocenters. The molecule has 0 aliphatic carbocycles. The van der Waals surface area contributed by atoms with Gasteiger partial charge in [0.25, 0.3) is 11.7 Å². The van der Waals surface area contributed by atoms with Crippen molar-refractivity contribution in [1.82, 2.24) is 0 Å². The van der Waals surface area contributed by atoms with Gasteiger partial charge in [0.1, 0.15) is 0 Å². The third kappa shape index (κ3) is 1.05. The summed E-state index contributed by atoms with van der Waals surface area (Å²) in [6.45, 7) is 6.18. The third-order valence-electron chi connectivity index (χ3n) is 2.26. The van der Waals surface area contributed by atoms with E-state index in [1.54, 1.807) is 19.1 Å². The van der Waals surface area contributed by atoms with Crippen LogP contribution in [0.15, 0.2) is 18.2 Å². The van der Waals surface area contributed by atoms with E-state index in [0.717, 1.165) is 5.56 Å². The summed E-state index contributed by atoms with van der Waals surface area (Å²) in [5, 5.41) is 0. The molecule has 0 aromatic heterocycles. The highest BCUT2D eigenvalue weighted by atomic mass is 16.2. The second-order valence-corrected chi connectivity index (χ2v) is 3.21. The molecule has 2 radical (unpaired) electrons. The molecule has 0 saturated carbocycles. The van der Waals surface area contributed by atoms with Crippen molar-refractivity contribution in [3.8, 4) is 0 Å². The molecule has 2 rings (SSSR count). The molecule has 0 saturated heterocycles. The predicted octanol–water partition coefficient (Wildman–Crippen LogP) is 1.58. The van der Waals surface area contributed by atoms with E-state index in [4.69, 9.17) is 0 Å². The molecule has 0 N–H and O–H groups in total. The number of hydrogen-bond donors (Lipinski definition) is 0. The summed E-state index contributed by atoms with van der Waals surface area (Å²) in [5.74, 6) is -0.967. The van der Waals surface area contributed by atoms with Gasteiger partial charge in [-0.2, -0.15) is 0 Å². The van der Waals surface area contributed by atoms with Crippen molar-refractivity contribution in [2.45, 2.75) is 13.8 Å². The summed E-state index contributed by atoms with van der Waals surface area (Å²) in [7, 11) is 0. The van der Waals surface area contributed by atoms with Crippen LogP contribution in [0.2, 0.25) is 0 Å². The molecule has 1 amide bonds. The van der Waals surface area contributed by atoms with Crippen LogP contribution in [0.1, 0.15) is 22.8 Å². The second-order valence-electron chi connectivity index (χ2n) is 3.21. The lowest BCUT2D eigenvalue weighted by atomic mass is 10.1. The molecule has 1 aromatic rings. The fourth-order valence-electron chi connectivity index (χ4n) is 1.57. The van der Waals surface area contributed by atoms with E-state index >= 15 is 0 Å². The van der Waals surface area contributed by atoms with Crippen LogP contribution in [0.3, 0.4) is 0 Å². The predicted molar refractivity (Wildman–Crippen MR) is 51.9 cm³/mol. The van der Waals surface area contributed by atoms with Crippen LogP contribution in [0.5, 0.6) is 0 Å². The van der Waals surface area contributed by atoms with E-state index in [9.17, 15) is 9.59 Å². The van der Waals surface area contributed by atoms with Crippen LogP contribution in [0.4, 0.5) is 5.69 Å². The number of Topliss-reactive ketones (excluding diaryl/α,β-unsaturated/α-hetero) is 1. The Hall–Kier alpha value is -1.64. The topological polar surface area (TPSA) is 37.4 Å². The maximum absolute atomic E-state index is 11.5. The number of ketones is 1. The minimum Gasteiger partial charge on any atom is -0.294 e. The average molecular weight is 187 g/mol. The molecule has 70 valence electrons. The number of aryl methyl sites for hydroxylation is 1. The van der Waals surface area contributed by atoms with Crippen molar-refractivity contribution < 1.29 is 9.59 Å². The highest BCUT2D eigenvalue weighted by Gasteiger charge is 2.34. The Balaban J connectivity index is 2.61.